The number of fused-ring (bicyclic) bond motifs is 1. The standard InChI is InChI=1S/C13H15BrO/c1-8-4-12(8)13(14)9-2-3-10-6-15-7-11(10)5-9/h2-3,5,8,12-13H,4,6-7H2,1H3. The minimum atomic E-state index is 0.540. The molecule has 3 atom stereocenters. The van der Waals surface area contributed by atoms with E-state index in [4.69, 9.17) is 4.74 Å². The first-order valence-corrected chi connectivity index (χ1v) is 6.51. The Morgan fingerprint density at radius 1 is 1.33 bits per heavy atom. The van der Waals surface area contributed by atoms with Gasteiger partial charge in [0.1, 0.15) is 0 Å². The van der Waals surface area contributed by atoms with Gasteiger partial charge in [0.2, 0.25) is 0 Å². The monoisotopic (exact) mass is 266 g/mol. The van der Waals surface area contributed by atoms with Crippen LogP contribution in [0, 0.1) is 11.8 Å². The van der Waals surface area contributed by atoms with E-state index < -0.39 is 0 Å². The van der Waals surface area contributed by atoms with Crippen LogP contribution in [0.15, 0.2) is 18.2 Å². The van der Waals surface area contributed by atoms with Crippen LogP contribution in [0.25, 0.3) is 0 Å². The van der Waals surface area contributed by atoms with E-state index >= 15 is 0 Å². The van der Waals surface area contributed by atoms with Crippen LogP contribution in [0.4, 0.5) is 0 Å². The van der Waals surface area contributed by atoms with Gasteiger partial charge in [-0.05, 0) is 34.9 Å². The van der Waals surface area contributed by atoms with Gasteiger partial charge in [-0.25, -0.2) is 0 Å². The molecule has 0 amide bonds. The Morgan fingerprint density at radius 2 is 2.07 bits per heavy atom. The Bertz CT molecular complexity index is 388. The number of halogens is 1. The van der Waals surface area contributed by atoms with Crippen LogP contribution in [-0.2, 0) is 18.0 Å². The van der Waals surface area contributed by atoms with Crippen molar-refractivity contribution in [1.29, 1.82) is 0 Å². The highest BCUT2D eigenvalue weighted by molar-refractivity contribution is 9.09. The fourth-order valence-electron chi connectivity index (χ4n) is 2.37. The third-order valence-electron chi connectivity index (χ3n) is 3.61. The lowest BCUT2D eigenvalue weighted by Gasteiger charge is -2.10. The lowest BCUT2D eigenvalue weighted by atomic mass is 10.0. The summed E-state index contributed by atoms with van der Waals surface area (Å²) in [5.74, 6) is 1.73. The van der Waals surface area contributed by atoms with E-state index in [0.717, 1.165) is 25.0 Å². The van der Waals surface area contributed by atoms with Crippen molar-refractivity contribution < 1.29 is 4.74 Å². The van der Waals surface area contributed by atoms with Crippen molar-refractivity contribution >= 4 is 15.9 Å². The van der Waals surface area contributed by atoms with E-state index in [2.05, 4.69) is 41.1 Å². The summed E-state index contributed by atoms with van der Waals surface area (Å²) in [4.78, 5) is 0.540. The van der Waals surface area contributed by atoms with Crippen LogP contribution in [-0.4, -0.2) is 0 Å². The number of alkyl halides is 1. The molecule has 0 radical (unpaired) electrons. The maximum atomic E-state index is 5.43. The molecule has 15 heavy (non-hydrogen) atoms. The van der Waals surface area contributed by atoms with E-state index in [1.807, 2.05) is 0 Å². The molecular formula is C13H15BrO. The van der Waals surface area contributed by atoms with Crippen LogP contribution in [0.2, 0.25) is 0 Å². The second-order valence-corrected chi connectivity index (χ2v) is 5.79. The summed E-state index contributed by atoms with van der Waals surface area (Å²) in [6.07, 6.45) is 1.36. The van der Waals surface area contributed by atoms with Crippen LogP contribution in [0.1, 0.15) is 34.9 Å². The number of ether oxygens (including phenoxy) is 1. The average molecular weight is 267 g/mol. The first-order valence-electron chi connectivity index (χ1n) is 5.59. The molecule has 1 heterocycles. The van der Waals surface area contributed by atoms with E-state index in [1.165, 1.54) is 23.1 Å². The van der Waals surface area contributed by atoms with E-state index in [9.17, 15) is 0 Å². The Morgan fingerprint density at radius 3 is 2.80 bits per heavy atom. The zero-order chi connectivity index (χ0) is 10.4. The molecule has 1 saturated carbocycles. The molecule has 0 N–H and O–H groups in total. The molecule has 3 unspecified atom stereocenters. The molecule has 1 fully saturated rings. The molecule has 80 valence electrons. The van der Waals surface area contributed by atoms with Crippen molar-refractivity contribution in [3.05, 3.63) is 34.9 Å². The Hall–Kier alpha value is -0.340. The molecule has 3 rings (SSSR count). The van der Waals surface area contributed by atoms with Crippen LogP contribution in [0.3, 0.4) is 0 Å². The summed E-state index contributed by atoms with van der Waals surface area (Å²) < 4.78 is 5.43. The lowest BCUT2D eigenvalue weighted by molar-refractivity contribution is 0.134. The molecule has 2 heteroatoms. The summed E-state index contributed by atoms with van der Waals surface area (Å²) in [6.45, 7) is 3.92. The zero-order valence-electron chi connectivity index (χ0n) is 8.87. The van der Waals surface area contributed by atoms with Gasteiger partial charge < -0.3 is 4.74 Å². The molecule has 0 bridgehead atoms. The summed E-state index contributed by atoms with van der Waals surface area (Å²) in [7, 11) is 0. The highest BCUT2D eigenvalue weighted by Gasteiger charge is 2.39. The van der Waals surface area contributed by atoms with Crippen molar-refractivity contribution in [2.45, 2.75) is 31.4 Å². The third kappa shape index (κ3) is 1.74. The molecule has 0 saturated heterocycles. The first kappa shape index (κ1) is 9.86. The predicted molar refractivity (Wildman–Crippen MR) is 63.9 cm³/mol. The summed E-state index contributed by atoms with van der Waals surface area (Å²) >= 11 is 3.82. The number of hydrogen-bond acceptors (Lipinski definition) is 1. The Kier molecular flexibility index (Phi) is 2.37. The van der Waals surface area contributed by atoms with Crippen molar-refractivity contribution in [3.63, 3.8) is 0 Å². The smallest absolute Gasteiger partial charge is 0.0725 e. The van der Waals surface area contributed by atoms with E-state index in [-0.39, 0.29) is 0 Å². The van der Waals surface area contributed by atoms with E-state index in [0.29, 0.717) is 4.83 Å². The van der Waals surface area contributed by atoms with Crippen molar-refractivity contribution in [2.24, 2.45) is 11.8 Å². The second-order valence-electron chi connectivity index (χ2n) is 4.80. The Labute approximate surface area is 99.0 Å². The quantitative estimate of drug-likeness (QED) is 0.740. The predicted octanol–water partition coefficient (Wildman–Crippen LogP) is 3.81. The molecule has 0 spiro atoms. The number of rotatable bonds is 2. The lowest BCUT2D eigenvalue weighted by Crippen LogP contribution is -1.95. The number of hydrogen-bond donors (Lipinski definition) is 0. The van der Waals surface area contributed by atoms with Crippen molar-refractivity contribution in [2.75, 3.05) is 0 Å². The van der Waals surface area contributed by atoms with Crippen molar-refractivity contribution in [1.82, 2.24) is 0 Å². The molecule has 1 aliphatic carbocycles. The maximum Gasteiger partial charge on any atom is 0.0725 e. The van der Waals surface area contributed by atoms with Gasteiger partial charge in [0, 0.05) is 4.83 Å². The SMILES string of the molecule is CC1CC1C(Br)c1ccc2c(c1)COC2. The third-order valence-corrected chi connectivity index (χ3v) is 4.82. The first-order chi connectivity index (χ1) is 7.25. The molecule has 1 aromatic carbocycles. The van der Waals surface area contributed by atoms with Crippen LogP contribution in [0.5, 0.6) is 0 Å². The topological polar surface area (TPSA) is 9.23 Å². The highest BCUT2D eigenvalue weighted by Crippen LogP contribution is 2.51. The fraction of sp³-hybridized carbons (Fsp3) is 0.538. The minimum absolute atomic E-state index is 0.540. The molecule has 0 aromatic heterocycles. The average Bonchev–Trinajstić information content (AvgIpc) is 2.80. The Balaban J connectivity index is 1.86. The highest BCUT2D eigenvalue weighted by atomic mass is 79.9. The summed E-state index contributed by atoms with van der Waals surface area (Å²) in [5.41, 5.74) is 4.17. The summed E-state index contributed by atoms with van der Waals surface area (Å²) in [5, 5.41) is 0. The molecule has 1 aliphatic heterocycles. The second kappa shape index (κ2) is 3.60. The maximum absolute atomic E-state index is 5.43. The van der Waals surface area contributed by atoms with Gasteiger partial charge in [0.05, 0.1) is 13.2 Å². The molecule has 2 aliphatic rings. The fourth-order valence-corrected chi connectivity index (χ4v) is 3.39. The van der Waals surface area contributed by atoms with Gasteiger partial charge in [-0.1, -0.05) is 41.1 Å². The van der Waals surface area contributed by atoms with Crippen LogP contribution < -0.4 is 0 Å². The van der Waals surface area contributed by atoms with Gasteiger partial charge in [-0.15, -0.1) is 0 Å². The number of benzene rings is 1. The minimum Gasteiger partial charge on any atom is -0.372 e. The van der Waals surface area contributed by atoms with Crippen molar-refractivity contribution in [3.8, 4) is 0 Å². The zero-order valence-corrected chi connectivity index (χ0v) is 10.5. The largest absolute Gasteiger partial charge is 0.372 e. The van der Waals surface area contributed by atoms with Gasteiger partial charge in [-0.3, -0.25) is 0 Å². The van der Waals surface area contributed by atoms with Crippen LogP contribution >= 0.6 is 15.9 Å². The van der Waals surface area contributed by atoms with Gasteiger partial charge >= 0.3 is 0 Å². The van der Waals surface area contributed by atoms with Gasteiger partial charge in [0.15, 0.2) is 0 Å². The summed E-state index contributed by atoms with van der Waals surface area (Å²) in [6, 6.07) is 6.78. The molecule has 1 nitrogen and oxygen atoms in total. The normalized spacial score (nSPS) is 30.0. The molecular weight excluding hydrogens is 252 g/mol. The van der Waals surface area contributed by atoms with E-state index in [1.54, 1.807) is 0 Å². The van der Waals surface area contributed by atoms with Gasteiger partial charge in [0.25, 0.3) is 0 Å². The van der Waals surface area contributed by atoms with Gasteiger partial charge in [-0.2, -0.15) is 0 Å². The molecule has 1 aromatic rings.